The van der Waals surface area contributed by atoms with Crippen LogP contribution >= 0.6 is 0 Å². The fourth-order valence-corrected chi connectivity index (χ4v) is 3.01. The monoisotopic (exact) mass is 354 g/mol. The molecule has 0 aliphatic heterocycles. The van der Waals surface area contributed by atoms with Gasteiger partial charge in [-0.25, -0.2) is 14.8 Å². The number of amides is 2. The zero-order valence-electron chi connectivity index (χ0n) is 14.4. The largest absolute Gasteiger partial charge is 0.445 e. The molecule has 0 unspecified atom stereocenters. The topological polar surface area (TPSA) is 93.2 Å². The smallest absolute Gasteiger partial charge is 0.407 e. The van der Waals surface area contributed by atoms with Crippen LogP contribution < -0.4 is 10.6 Å². The Balaban J connectivity index is 1.38. The Hall–Kier alpha value is -2.96. The summed E-state index contributed by atoms with van der Waals surface area (Å²) in [4.78, 5) is 32.2. The summed E-state index contributed by atoms with van der Waals surface area (Å²) in [7, 11) is 0. The molecule has 1 aliphatic carbocycles. The van der Waals surface area contributed by atoms with Crippen molar-refractivity contribution in [3.8, 4) is 0 Å². The van der Waals surface area contributed by atoms with Crippen molar-refractivity contribution in [1.82, 2.24) is 15.3 Å². The molecule has 1 aromatic carbocycles. The molecule has 1 aromatic heterocycles. The van der Waals surface area contributed by atoms with E-state index in [1.807, 2.05) is 30.3 Å². The van der Waals surface area contributed by atoms with E-state index in [0.29, 0.717) is 18.8 Å². The number of aromatic nitrogens is 2. The number of hydrogen-bond donors (Lipinski definition) is 2. The van der Waals surface area contributed by atoms with Crippen molar-refractivity contribution in [2.45, 2.75) is 38.3 Å². The van der Waals surface area contributed by atoms with E-state index in [0.717, 1.165) is 18.4 Å². The second-order valence-electron chi connectivity index (χ2n) is 6.32. The van der Waals surface area contributed by atoms with Crippen LogP contribution in [0.5, 0.6) is 0 Å². The molecule has 1 fully saturated rings. The first-order valence-corrected chi connectivity index (χ1v) is 8.76. The van der Waals surface area contributed by atoms with Crippen LogP contribution in [0.4, 0.5) is 10.7 Å². The number of ether oxygens (including phenoxy) is 1. The van der Waals surface area contributed by atoms with Crippen LogP contribution in [0.15, 0.2) is 48.8 Å². The van der Waals surface area contributed by atoms with Gasteiger partial charge in [-0.3, -0.25) is 10.1 Å². The van der Waals surface area contributed by atoms with E-state index in [1.54, 1.807) is 18.5 Å². The van der Waals surface area contributed by atoms with Crippen molar-refractivity contribution >= 4 is 17.9 Å². The molecule has 2 amide bonds. The van der Waals surface area contributed by atoms with E-state index >= 15 is 0 Å². The van der Waals surface area contributed by atoms with Crippen LogP contribution in [0.1, 0.15) is 31.2 Å². The minimum atomic E-state index is -0.417. The molecule has 1 heterocycles. The number of carbonyl (C=O) groups is 2. The molecule has 0 radical (unpaired) electrons. The van der Waals surface area contributed by atoms with E-state index in [1.165, 1.54) is 0 Å². The Kier molecular flexibility index (Phi) is 6.14. The van der Waals surface area contributed by atoms with Gasteiger partial charge in [0.2, 0.25) is 11.9 Å². The maximum absolute atomic E-state index is 12.3. The number of alkyl carbamates (subject to hydrolysis) is 1. The third-order valence-electron chi connectivity index (χ3n) is 4.43. The van der Waals surface area contributed by atoms with E-state index < -0.39 is 6.09 Å². The quantitative estimate of drug-likeness (QED) is 0.861. The summed E-state index contributed by atoms with van der Waals surface area (Å²) in [5.74, 6) is 0.167. The van der Waals surface area contributed by atoms with Gasteiger partial charge < -0.3 is 10.1 Å². The maximum Gasteiger partial charge on any atom is 0.407 e. The summed E-state index contributed by atoms with van der Waals surface area (Å²) < 4.78 is 5.24. The zero-order valence-corrected chi connectivity index (χ0v) is 14.4. The summed E-state index contributed by atoms with van der Waals surface area (Å²) in [5, 5.41) is 5.61. The summed E-state index contributed by atoms with van der Waals surface area (Å²) in [6.45, 7) is 0.251. The lowest BCUT2D eigenvalue weighted by Crippen LogP contribution is -2.39. The van der Waals surface area contributed by atoms with Crippen LogP contribution in [0.3, 0.4) is 0 Å². The molecule has 1 saturated carbocycles. The molecule has 0 bridgehead atoms. The van der Waals surface area contributed by atoms with Crippen molar-refractivity contribution in [1.29, 1.82) is 0 Å². The van der Waals surface area contributed by atoms with E-state index in [-0.39, 0.29) is 24.5 Å². The molecule has 7 heteroatoms. The lowest BCUT2D eigenvalue weighted by Gasteiger charge is -2.27. The third kappa shape index (κ3) is 5.27. The van der Waals surface area contributed by atoms with Gasteiger partial charge in [-0.15, -0.1) is 0 Å². The number of hydrogen-bond acceptors (Lipinski definition) is 5. The summed E-state index contributed by atoms with van der Waals surface area (Å²) in [5.41, 5.74) is 0.950. The summed E-state index contributed by atoms with van der Waals surface area (Å²) in [6.07, 6.45) is 5.67. The minimum absolute atomic E-state index is 0.0373. The van der Waals surface area contributed by atoms with Crippen LogP contribution in [0, 0.1) is 5.92 Å². The second kappa shape index (κ2) is 8.94. The Morgan fingerprint density at radius 3 is 2.38 bits per heavy atom. The average Bonchev–Trinajstić information content (AvgIpc) is 2.68. The molecule has 2 N–H and O–H groups in total. The number of carbonyl (C=O) groups excluding carboxylic acids is 2. The number of anilines is 1. The zero-order chi connectivity index (χ0) is 18.2. The van der Waals surface area contributed by atoms with Crippen LogP contribution in [0.25, 0.3) is 0 Å². The first-order valence-electron chi connectivity index (χ1n) is 8.76. The molecule has 136 valence electrons. The van der Waals surface area contributed by atoms with Crippen LogP contribution in [-0.2, 0) is 16.1 Å². The van der Waals surface area contributed by atoms with Gasteiger partial charge in [0.1, 0.15) is 6.61 Å². The number of nitrogens with zero attached hydrogens (tertiary/aromatic N) is 2. The van der Waals surface area contributed by atoms with Crippen LogP contribution in [-0.4, -0.2) is 28.0 Å². The third-order valence-corrected chi connectivity index (χ3v) is 4.43. The normalized spacial score (nSPS) is 19.4. The lowest BCUT2D eigenvalue weighted by molar-refractivity contribution is -0.120. The Labute approximate surface area is 152 Å². The molecule has 0 spiro atoms. The predicted molar refractivity (Wildman–Crippen MR) is 96.2 cm³/mol. The summed E-state index contributed by atoms with van der Waals surface area (Å²) >= 11 is 0. The van der Waals surface area contributed by atoms with Crippen molar-refractivity contribution in [3.05, 3.63) is 54.4 Å². The van der Waals surface area contributed by atoms with Crippen LogP contribution in [0.2, 0.25) is 0 Å². The van der Waals surface area contributed by atoms with Gasteiger partial charge in [0, 0.05) is 24.4 Å². The fraction of sp³-hybridized carbons (Fsp3) is 0.368. The maximum atomic E-state index is 12.3. The van der Waals surface area contributed by atoms with Crippen molar-refractivity contribution < 1.29 is 14.3 Å². The number of benzene rings is 1. The van der Waals surface area contributed by atoms with Gasteiger partial charge in [0.25, 0.3) is 0 Å². The van der Waals surface area contributed by atoms with E-state index in [9.17, 15) is 9.59 Å². The Morgan fingerprint density at radius 1 is 1.00 bits per heavy atom. The highest BCUT2D eigenvalue weighted by Gasteiger charge is 2.27. The fourth-order valence-electron chi connectivity index (χ4n) is 3.01. The van der Waals surface area contributed by atoms with Gasteiger partial charge in [0.05, 0.1) is 0 Å². The van der Waals surface area contributed by atoms with Gasteiger partial charge in [0.15, 0.2) is 0 Å². The molecular weight excluding hydrogens is 332 g/mol. The van der Waals surface area contributed by atoms with Crippen molar-refractivity contribution in [2.24, 2.45) is 5.92 Å². The van der Waals surface area contributed by atoms with Gasteiger partial charge >= 0.3 is 6.09 Å². The molecule has 1 aliphatic rings. The standard InChI is InChI=1S/C19H22N4O3/c24-17(23-18-20-11-4-12-21-18)15-7-9-16(10-8-15)22-19(25)26-13-14-5-2-1-3-6-14/h1-6,11-12,15-16H,7-10,13H2,(H,22,25)(H,20,21,23,24). The van der Waals surface area contributed by atoms with Gasteiger partial charge in [-0.05, 0) is 37.3 Å². The molecule has 0 atom stereocenters. The Bertz CT molecular complexity index is 716. The molecule has 0 saturated heterocycles. The van der Waals surface area contributed by atoms with Gasteiger partial charge in [-0.2, -0.15) is 0 Å². The van der Waals surface area contributed by atoms with Crippen molar-refractivity contribution in [3.63, 3.8) is 0 Å². The highest BCUT2D eigenvalue weighted by Crippen LogP contribution is 2.25. The number of nitrogens with one attached hydrogen (secondary N) is 2. The first kappa shape index (κ1) is 17.8. The summed E-state index contributed by atoms with van der Waals surface area (Å²) in [6, 6.07) is 11.3. The Morgan fingerprint density at radius 2 is 1.69 bits per heavy atom. The highest BCUT2D eigenvalue weighted by atomic mass is 16.5. The number of rotatable bonds is 5. The highest BCUT2D eigenvalue weighted by molar-refractivity contribution is 5.90. The van der Waals surface area contributed by atoms with E-state index in [2.05, 4.69) is 20.6 Å². The lowest BCUT2D eigenvalue weighted by atomic mass is 9.85. The van der Waals surface area contributed by atoms with Gasteiger partial charge in [-0.1, -0.05) is 30.3 Å². The van der Waals surface area contributed by atoms with E-state index in [4.69, 9.17) is 4.74 Å². The predicted octanol–water partition coefficient (Wildman–Crippen LogP) is 2.90. The molecular formula is C19H22N4O3. The molecule has 2 aromatic rings. The molecule has 7 nitrogen and oxygen atoms in total. The van der Waals surface area contributed by atoms with Crippen molar-refractivity contribution in [2.75, 3.05) is 5.32 Å². The second-order valence-corrected chi connectivity index (χ2v) is 6.32. The minimum Gasteiger partial charge on any atom is -0.445 e. The molecule has 26 heavy (non-hydrogen) atoms. The molecule has 3 rings (SSSR count). The SMILES string of the molecule is O=C(NC1CCC(C(=O)Nc2ncccn2)CC1)OCc1ccccc1. The first-order chi connectivity index (χ1) is 12.7. The average molecular weight is 354 g/mol.